The highest BCUT2D eigenvalue weighted by molar-refractivity contribution is 7.63. The van der Waals surface area contributed by atoms with Gasteiger partial charge in [-0.05, 0) is 33.6 Å². The van der Waals surface area contributed by atoms with Crippen LogP contribution in [0.15, 0.2) is 0 Å². The van der Waals surface area contributed by atoms with Crippen LogP contribution in [0.2, 0.25) is 0 Å². The van der Waals surface area contributed by atoms with Crippen LogP contribution in [0.4, 0.5) is 13.2 Å². The molecule has 5 nitrogen and oxygen atoms in total. The molecule has 0 aromatic carbocycles. The maximum absolute atomic E-state index is 12.4. The molecule has 0 aromatic heterocycles. The summed E-state index contributed by atoms with van der Waals surface area (Å²) >= 11 is 0. The van der Waals surface area contributed by atoms with Crippen LogP contribution in [0.1, 0.15) is 33.6 Å². The molecule has 0 aromatic rings. The Hall–Kier alpha value is -1.12. The predicted octanol–water partition coefficient (Wildman–Crippen LogP) is 2.29. The molecule has 0 saturated heterocycles. The van der Waals surface area contributed by atoms with Crippen molar-refractivity contribution in [1.29, 1.82) is 0 Å². The zero-order valence-electron chi connectivity index (χ0n) is 10.0. The van der Waals surface area contributed by atoms with Crippen LogP contribution in [0, 0.1) is 5.41 Å². The number of rotatable bonds is 1. The van der Waals surface area contributed by atoms with Crippen molar-refractivity contribution < 1.29 is 31.1 Å². The Morgan fingerprint density at radius 2 is 1.56 bits per heavy atom. The summed E-state index contributed by atoms with van der Waals surface area (Å²) in [5.41, 5.74) is -3.07. The first-order chi connectivity index (χ1) is 7.82. The van der Waals surface area contributed by atoms with Crippen molar-refractivity contribution in [2.75, 3.05) is 0 Å². The van der Waals surface area contributed by atoms with E-state index in [9.17, 15) is 18.0 Å². The second-order valence-electron chi connectivity index (χ2n) is 4.80. The van der Waals surface area contributed by atoms with Crippen molar-refractivity contribution in [3.8, 4) is 0 Å². The molecule has 0 unspecified atom stereocenters. The lowest BCUT2D eigenvalue weighted by Crippen LogP contribution is -2.38. The minimum absolute atomic E-state index is 0.147. The van der Waals surface area contributed by atoms with Gasteiger partial charge in [0.15, 0.2) is 5.41 Å². The van der Waals surface area contributed by atoms with Gasteiger partial charge in [-0.1, -0.05) is 0 Å². The van der Waals surface area contributed by atoms with Crippen molar-refractivity contribution in [2.24, 2.45) is 5.41 Å². The molecule has 1 aliphatic carbocycles. The third kappa shape index (κ3) is 5.03. The summed E-state index contributed by atoms with van der Waals surface area (Å²) in [4.78, 5) is 11.2. The third-order valence-corrected chi connectivity index (χ3v) is 2.08. The predicted molar refractivity (Wildman–Crippen MR) is 55.8 cm³/mol. The minimum Gasteiger partial charge on any atom is -0.686 e. The molecule has 0 radical (unpaired) electrons. The maximum Gasteiger partial charge on any atom is 0.404 e. The fourth-order valence-corrected chi connectivity index (χ4v) is 1.10. The number of carbonyl (C=O) groups is 1. The van der Waals surface area contributed by atoms with E-state index >= 15 is 0 Å². The molecule has 9 heteroatoms. The Morgan fingerprint density at radius 3 is 1.72 bits per heavy atom. The zero-order valence-corrected chi connectivity index (χ0v) is 10.9. The van der Waals surface area contributed by atoms with Gasteiger partial charge < -0.3 is 9.52 Å². The van der Waals surface area contributed by atoms with Crippen LogP contribution in [0.3, 0.4) is 0 Å². The van der Waals surface area contributed by atoms with Crippen LogP contribution in [-0.4, -0.2) is 26.2 Å². The number of esters is 1. The van der Waals surface area contributed by atoms with Crippen LogP contribution in [0.5, 0.6) is 0 Å². The van der Waals surface area contributed by atoms with Crippen molar-refractivity contribution >= 4 is 16.5 Å². The van der Waals surface area contributed by atoms with Gasteiger partial charge in [-0.3, -0.25) is 4.79 Å². The largest absolute Gasteiger partial charge is 0.686 e. The highest BCUT2D eigenvalue weighted by Crippen LogP contribution is 2.58. The normalized spacial score (nSPS) is 17.2. The summed E-state index contributed by atoms with van der Waals surface area (Å²) in [6.07, 6.45) is -4.77. The Kier molecular flexibility index (Phi) is 4.92. The fourth-order valence-electron chi connectivity index (χ4n) is 1.10. The number of hydrogen-bond donors (Lipinski definition) is 0. The number of nitrogens with zero attached hydrogens (tertiary/aromatic N) is 1. The van der Waals surface area contributed by atoms with E-state index < -0.39 is 33.7 Å². The summed E-state index contributed by atoms with van der Waals surface area (Å²) in [5.74, 6) is -1.14. The van der Waals surface area contributed by atoms with E-state index in [0.717, 1.165) is 0 Å². The number of hydrogen-bond acceptors (Lipinski definition) is 4. The van der Waals surface area contributed by atoms with Crippen molar-refractivity contribution in [3.05, 3.63) is 4.78 Å². The second kappa shape index (κ2) is 5.25. The Labute approximate surface area is 104 Å². The van der Waals surface area contributed by atoms with Gasteiger partial charge >= 0.3 is 12.1 Å². The van der Waals surface area contributed by atoms with Gasteiger partial charge in [0.1, 0.15) is 16.1 Å². The second-order valence-corrected chi connectivity index (χ2v) is 5.23. The Bertz CT molecular complexity index is 410. The first kappa shape index (κ1) is 16.9. The number of alkyl halides is 3. The summed E-state index contributed by atoms with van der Waals surface area (Å²) in [6.45, 7) is 4.66. The van der Waals surface area contributed by atoms with Gasteiger partial charge in [0.05, 0.1) is 0 Å². The summed E-state index contributed by atoms with van der Waals surface area (Å²) in [5, 5.41) is 0. The first-order valence-corrected chi connectivity index (χ1v) is 5.93. The molecule has 18 heavy (non-hydrogen) atoms. The van der Waals surface area contributed by atoms with Crippen molar-refractivity contribution in [3.63, 3.8) is 0 Å². The molecule has 106 valence electrons. The average Bonchev–Trinajstić information content (AvgIpc) is 2.75. The molecule has 1 aliphatic rings. The molecule has 0 atom stereocenters. The number of carbonyl (C=O) groups excluding carboxylic acids is 1. The molecule has 1 saturated carbocycles. The molecule has 1 rings (SSSR count). The van der Waals surface area contributed by atoms with Crippen LogP contribution >= 0.6 is 0 Å². The lowest BCUT2D eigenvalue weighted by Gasteiger charge is -2.24. The lowest BCUT2D eigenvalue weighted by atomic mass is 10.1. The number of ether oxygens (including phenoxy) is 1. The van der Waals surface area contributed by atoms with Gasteiger partial charge in [0, 0.05) is 0 Å². The molecule has 0 aliphatic heterocycles. The van der Waals surface area contributed by atoms with Crippen molar-refractivity contribution in [2.45, 2.75) is 45.4 Å². The first-order valence-electron chi connectivity index (χ1n) is 4.90. The minimum atomic E-state index is -4.48. The van der Waals surface area contributed by atoms with Gasteiger partial charge in [-0.2, -0.15) is 13.2 Å². The van der Waals surface area contributed by atoms with E-state index in [2.05, 4.69) is 0 Å². The molecular formula is C9H13F3NO4S-. The van der Waals surface area contributed by atoms with E-state index in [4.69, 9.17) is 17.9 Å². The molecule has 0 amide bonds. The third-order valence-electron chi connectivity index (χ3n) is 2.08. The average molecular weight is 288 g/mol. The van der Waals surface area contributed by atoms with Crippen LogP contribution in [-0.2, 0) is 20.0 Å². The molecular weight excluding hydrogens is 275 g/mol. The lowest BCUT2D eigenvalue weighted by molar-refractivity contribution is -0.213. The highest BCUT2D eigenvalue weighted by Gasteiger charge is 2.70. The molecule has 1 fully saturated rings. The quantitative estimate of drug-likeness (QED) is 0.693. The summed E-state index contributed by atoms with van der Waals surface area (Å²) < 4.78 is 66.1. The molecule has 0 bridgehead atoms. The maximum atomic E-state index is 12.4. The van der Waals surface area contributed by atoms with E-state index in [-0.39, 0.29) is 12.8 Å². The molecule has 0 N–H and O–H groups in total. The number of halogens is 3. The molecule has 0 spiro atoms. The van der Waals surface area contributed by atoms with Gasteiger partial charge in [0.25, 0.3) is 0 Å². The smallest absolute Gasteiger partial charge is 0.404 e. The Morgan fingerprint density at radius 1 is 1.22 bits per heavy atom. The van der Waals surface area contributed by atoms with Crippen LogP contribution in [0.25, 0.3) is 4.78 Å². The summed E-state index contributed by atoms with van der Waals surface area (Å²) in [7, 11) is -2.86. The van der Waals surface area contributed by atoms with Gasteiger partial charge in [-0.25, -0.2) is 8.42 Å². The van der Waals surface area contributed by atoms with Gasteiger partial charge in [-0.15, -0.1) is 0 Å². The van der Waals surface area contributed by atoms with Gasteiger partial charge in [0.2, 0.25) is 0 Å². The van der Waals surface area contributed by atoms with Crippen molar-refractivity contribution in [1.82, 2.24) is 0 Å². The monoisotopic (exact) mass is 288 g/mol. The topological polar surface area (TPSA) is 82.7 Å². The highest BCUT2D eigenvalue weighted by atomic mass is 32.2. The molecule has 0 heterocycles. The summed E-state index contributed by atoms with van der Waals surface area (Å²) in [6, 6.07) is 0. The SMILES string of the molecule is CC(C)(C)OC(=O)C1(C(F)(F)F)CC1.[N-]=S(=O)=O. The fraction of sp³-hybridized carbons (Fsp3) is 0.889. The van der Waals surface area contributed by atoms with E-state index in [1.807, 2.05) is 0 Å². The van der Waals surface area contributed by atoms with E-state index in [1.54, 1.807) is 20.8 Å². The van der Waals surface area contributed by atoms with E-state index in [0.29, 0.717) is 0 Å². The Balaban J connectivity index is 0.000000631. The zero-order chi connectivity index (χ0) is 14.8. The standard InChI is InChI=1S/C9H13F3O2.NO2S/c1-7(2,3)14-6(13)8(4-5-8)9(10,11)12;1-4(2)3/h4-5H2,1-3H3;/q;-1. The van der Waals surface area contributed by atoms with Crippen LogP contribution < -0.4 is 0 Å². The van der Waals surface area contributed by atoms with E-state index in [1.165, 1.54) is 0 Å².